The smallest absolute Gasteiger partial charge is 0.239 e. The molecular formula is C17H24N2O. The molecule has 1 unspecified atom stereocenters. The van der Waals surface area contributed by atoms with E-state index in [1.807, 2.05) is 18.2 Å². The van der Waals surface area contributed by atoms with Crippen LogP contribution in [0.5, 0.6) is 0 Å². The lowest BCUT2D eigenvalue weighted by Gasteiger charge is -2.25. The molecule has 2 aliphatic rings. The summed E-state index contributed by atoms with van der Waals surface area (Å²) in [7, 11) is 0. The SMILES string of the molecule is NC(CCc1ccccc1)C(=O)N(CC1CC1)C1CC1. The number of carbonyl (C=O) groups is 1. The van der Waals surface area contributed by atoms with Crippen molar-refractivity contribution in [2.75, 3.05) is 6.54 Å². The van der Waals surface area contributed by atoms with E-state index in [1.165, 1.54) is 31.2 Å². The number of rotatable bonds is 7. The molecule has 1 aromatic rings. The summed E-state index contributed by atoms with van der Waals surface area (Å²) in [6, 6.07) is 10.4. The van der Waals surface area contributed by atoms with Crippen molar-refractivity contribution in [2.24, 2.45) is 11.7 Å². The fraction of sp³-hybridized carbons (Fsp3) is 0.588. The Morgan fingerprint density at radius 2 is 1.90 bits per heavy atom. The molecule has 3 heteroatoms. The lowest BCUT2D eigenvalue weighted by atomic mass is 10.0. The predicted octanol–water partition coefficient (Wildman–Crippen LogP) is 2.35. The Bertz CT molecular complexity index is 451. The number of aryl methyl sites for hydroxylation is 1. The second-order valence-electron chi connectivity index (χ2n) is 6.30. The van der Waals surface area contributed by atoms with Crippen LogP contribution in [-0.4, -0.2) is 29.4 Å². The van der Waals surface area contributed by atoms with Crippen molar-refractivity contribution in [3.63, 3.8) is 0 Å². The first-order chi connectivity index (χ1) is 9.74. The number of amides is 1. The molecule has 0 heterocycles. The third kappa shape index (κ3) is 3.60. The Balaban J connectivity index is 1.52. The summed E-state index contributed by atoms with van der Waals surface area (Å²) in [4.78, 5) is 14.6. The van der Waals surface area contributed by atoms with Crippen LogP contribution in [0.1, 0.15) is 37.7 Å². The molecule has 0 bridgehead atoms. The van der Waals surface area contributed by atoms with Crippen molar-refractivity contribution in [1.82, 2.24) is 4.90 Å². The van der Waals surface area contributed by atoms with E-state index in [9.17, 15) is 4.79 Å². The Morgan fingerprint density at radius 3 is 2.50 bits per heavy atom. The Hall–Kier alpha value is -1.35. The van der Waals surface area contributed by atoms with E-state index >= 15 is 0 Å². The quantitative estimate of drug-likeness (QED) is 0.828. The molecule has 0 saturated heterocycles. The number of hydrogen-bond donors (Lipinski definition) is 1. The largest absolute Gasteiger partial charge is 0.338 e. The van der Waals surface area contributed by atoms with Crippen molar-refractivity contribution >= 4 is 5.91 Å². The summed E-state index contributed by atoms with van der Waals surface area (Å²) in [6.07, 6.45) is 6.55. The molecule has 108 valence electrons. The second kappa shape index (κ2) is 5.96. The highest BCUT2D eigenvalue weighted by atomic mass is 16.2. The van der Waals surface area contributed by atoms with Gasteiger partial charge in [0.2, 0.25) is 5.91 Å². The molecule has 2 aliphatic carbocycles. The molecule has 20 heavy (non-hydrogen) atoms. The summed E-state index contributed by atoms with van der Waals surface area (Å²) in [6.45, 7) is 0.947. The maximum atomic E-state index is 12.5. The van der Waals surface area contributed by atoms with Crippen molar-refractivity contribution in [2.45, 2.75) is 50.6 Å². The molecule has 2 N–H and O–H groups in total. The van der Waals surface area contributed by atoms with Crippen LogP contribution < -0.4 is 5.73 Å². The van der Waals surface area contributed by atoms with Crippen LogP contribution in [0.25, 0.3) is 0 Å². The lowest BCUT2D eigenvalue weighted by molar-refractivity contribution is -0.133. The molecule has 3 rings (SSSR count). The molecule has 1 atom stereocenters. The van der Waals surface area contributed by atoms with Gasteiger partial charge in [0, 0.05) is 12.6 Å². The van der Waals surface area contributed by atoms with Gasteiger partial charge in [-0.1, -0.05) is 30.3 Å². The van der Waals surface area contributed by atoms with Crippen molar-refractivity contribution in [1.29, 1.82) is 0 Å². The van der Waals surface area contributed by atoms with Gasteiger partial charge in [-0.25, -0.2) is 0 Å². The van der Waals surface area contributed by atoms with E-state index in [2.05, 4.69) is 17.0 Å². The molecule has 2 saturated carbocycles. The monoisotopic (exact) mass is 272 g/mol. The van der Waals surface area contributed by atoms with Gasteiger partial charge in [-0.05, 0) is 50.0 Å². The summed E-state index contributed by atoms with van der Waals surface area (Å²) in [5, 5.41) is 0. The molecule has 0 radical (unpaired) electrons. The number of nitrogens with zero attached hydrogens (tertiary/aromatic N) is 1. The summed E-state index contributed by atoms with van der Waals surface area (Å²) in [5.74, 6) is 0.927. The van der Waals surface area contributed by atoms with Crippen LogP contribution in [0.4, 0.5) is 0 Å². The van der Waals surface area contributed by atoms with Crippen LogP contribution in [0, 0.1) is 5.92 Å². The first-order valence-electron chi connectivity index (χ1n) is 7.84. The predicted molar refractivity (Wildman–Crippen MR) is 80.2 cm³/mol. The average Bonchev–Trinajstić information content (AvgIpc) is 3.36. The number of hydrogen-bond acceptors (Lipinski definition) is 2. The van der Waals surface area contributed by atoms with E-state index in [4.69, 9.17) is 5.73 Å². The molecular weight excluding hydrogens is 248 g/mol. The first kappa shape index (κ1) is 13.6. The van der Waals surface area contributed by atoms with Gasteiger partial charge in [-0.2, -0.15) is 0 Å². The molecule has 2 fully saturated rings. The minimum absolute atomic E-state index is 0.176. The maximum absolute atomic E-state index is 12.5. The minimum atomic E-state index is -0.338. The van der Waals surface area contributed by atoms with Gasteiger partial charge in [-0.15, -0.1) is 0 Å². The summed E-state index contributed by atoms with van der Waals surface area (Å²) in [5.41, 5.74) is 7.40. The van der Waals surface area contributed by atoms with E-state index < -0.39 is 0 Å². The van der Waals surface area contributed by atoms with Crippen molar-refractivity contribution in [3.8, 4) is 0 Å². The Morgan fingerprint density at radius 1 is 1.20 bits per heavy atom. The molecule has 3 nitrogen and oxygen atoms in total. The van der Waals surface area contributed by atoms with Gasteiger partial charge in [-0.3, -0.25) is 4.79 Å². The fourth-order valence-corrected chi connectivity index (χ4v) is 2.69. The van der Waals surface area contributed by atoms with E-state index in [0.29, 0.717) is 6.04 Å². The average molecular weight is 272 g/mol. The van der Waals surface area contributed by atoms with Crippen molar-refractivity contribution < 1.29 is 4.79 Å². The van der Waals surface area contributed by atoms with Crippen LogP contribution in [-0.2, 0) is 11.2 Å². The molecule has 0 spiro atoms. The Kier molecular flexibility index (Phi) is 4.06. The van der Waals surface area contributed by atoms with Gasteiger partial charge in [0.05, 0.1) is 6.04 Å². The molecule has 0 aromatic heterocycles. The zero-order chi connectivity index (χ0) is 13.9. The second-order valence-corrected chi connectivity index (χ2v) is 6.30. The third-order valence-electron chi connectivity index (χ3n) is 4.33. The summed E-state index contributed by atoms with van der Waals surface area (Å²) >= 11 is 0. The highest BCUT2D eigenvalue weighted by Gasteiger charge is 2.37. The maximum Gasteiger partial charge on any atom is 0.239 e. The third-order valence-corrected chi connectivity index (χ3v) is 4.33. The number of nitrogens with two attached hydrogens (primary N) is 1. The van der Waals surface area contributed by atoms with Crippen LogP contribution in [0.2, 0.25) is 0 Å². The topological polar surface area (TPSA) is 46.3 Å². The van der Waals surface area contributed by atoms with Crippen molar-refractivity contribution in [3.05, 3.63) is 35.9 Å². The Labute approximate surface area is 121 Å². The number of carbonyl (C=O) groups excluding carboxylic acids is 1. The zero-order valence-electron chi connectivity index (χ0n) is 12.0. The molecule has 1 amide bonds. The van der Waals surface area contributed by atoms with Crippen LogP contribution >= 0.6 is 0 Å². The van der Waals surface area contributed by atoms with Gasteiger partial charge in [0.15, 0.2) is 0 Å². The van der Waals surface area contributed by atoms with E-state index in [1.54, 1.807) is 0 Å². The van der Waals surface area contributed by atoms with Gasteiger partial charge in [0.1, 0.15) is 0 Å². The van der Waals surface area contributed by atoms with Gasteiger partial charge < -0.3 is 10.6 Å². The lowest BCUT2D eigenvalue weighted by Crippen LogP contribution is -2.46. The van der Waals surface area contributed by atoms with Gasteiger partial charge in [0.25, 0.3) is 0 Å². The summed E-state index contributed by atoms with van der Waals surface area (Å²) < 4.78 is 0. The van der Waals surface area contributed by atoms with Gasteiger partial charge >= 0.3 is 0 Å². The first-order valence-corrected chi connectivity index (χ1v) is 7.84. The van der Waals surface area contributed by atoms with Crippen LogP contribution in [0.15, 0.2) is 30.3 Å². The molecule has 1 aromatic carbocycles. The zero-order valence-corrected chi connectivity index (χ0v) is 12.0. The normalized spacial score (nSPS) is 19.6. The number of benzene rings is 1. The van der Waals surface area contributed by atoms with E-state index in [-0.39, 0.29) is 11.9 Å². The highest BCUT2D eigenvalue weighted by molar-refractivity contribution is 5.82. The fourth-order valence-electron chi connectivity index (χ4n) is 2.69. The molecule has 0 aliphatic heterocycles. The van der Waals surface area contributed by atoms with Crippen LogP contribution in [0.3, 0.4) is 0 Å². The standard InChI is InChI=1S/C17H24N2O/c18-16(11-8-13-4-2-1-3-5-13)17(20)19(15-9-10-15)12-14-6-7-14/h1-5,14-16H,6-12,18H2. The highest BCUT2D eigenvalue weighted by Crippen LogP contribution is 2.35. The van der Waals surface area contributed by atoms with E-state index in [0.717, 1.165) is 25.3 Å². The minimum Gasteiger partial charge on any atom is -0.338 e.